The summed E-state index contributed by atoms with van der Waals surface area (Å²) in [5.74, 6) is 0.988. The fraction of sp³-hybridized carbons (Fsp3) is 0.368. The molecule has 1 fully saturated rings. The van der Waals surface area contributed by atoms with Gasteiger partial charge in [-0.1, -0.05) is 60.8 Å². The molecule has 1 nitrogen and oxygen atoms in total. The summed E-state index contributed by atoms with van der Waals surface area (Å²) in [5.41, 5.74) is 9.25. The van der Waals surface area contributed by atoms with Gasteiger partial charge in [0.25, 0.3) is 0 Å². The lowest BCUT2D eigenvalue weighted by molar-refractivity contribution is 0.486. The molecule has 4 atom stereocenters. The number of hydrogen-bond donors (Lipinski definition) is 1. The zero-order valence-corrected chi connectivity index (χ0v) is 11.7. The van der Waals surface area contributed by atoms with Gasteiger partial charge in [-0.3, -0.25) is 0 Å². The average molecular weight is 263 g/mol. The van der Waals surface area contributed by atoms with Gasteiger partial charge >= 0.3 is 0 Å². The molecule has 102 valence electrons. The lowest BCUT2D eigenvalue weighted by Crippen LogP contribution is -2.23. The van der Waals surface area contributed by atoms with Crippen molar-refractivity contribution in [1.29, 1.82) is 0 Å². The van der Waals surface area contributed by atoms with Crippen molar-refractivity contribution < 1.29 is 0 Å². The summed E-state index contributed by atoms with van der Waals surface area (Å²) in [6.45, 7) is 0. The van der Waals surface area contributed by atoms with Gasteiger partial charge in [0.15, 0.2) is 0 Å². The number of rotatable bonds is 0. The van der Waals surface area contributed by atoms with E-state index in [9.17, 15) is 0 Å². The average Bonchev–Trinajstić information content (AvgIpc) is 2.72. The topological polar surface area (TPSA) is 26.0 Å². The Balaban J connectivity index is 1.77. The van der Waals surface area contributed by atoms with Crippen molar-refractivity contribution in [2.45, 2.75) is 25.3 Å². The first-order valence-corrected chi connectivity index (χ1v) is 7.67. The van der Waals surface area contributed by atoms with Crippen molar-refractivity contribution in [2.75, 3.05) is 0 Å². The normalized spacial score (nSPS) is 41.1. The highest BCUT2D eigenvalue weighted by Crippen LogP contribution is 2.47. The summed E-state index contributed by atoms with van der Waals surface area (Å²) in [4.78, 5) is 0. The Labute approximate surface area is 120 Å². The summed E-state index contributed by atoms with van der Waals surface area (Å²) in [7, 11) is 0. The van der Waals surface area contributed by atoms with Crippen LogP contribution >= 0.6 is 0 Å². The molecule has 4 rings (SSSR count). The number of allylic oxidation sites excluding steroid dienone is 12. The maximum atomic E-state index is 6.16. The minimum atomic E-state index is 0.218. The molecule has 0 bridgehead atoms. The third-order valence-electron chi connectivity index (χ3n) is 5.14. The molecule has 4 aliphatic rings. The van der Waals surface area contributed by atoms with Crippen LogP contribution in [-0.2, 0) is 0 Å². The fourth-order valence-corrected chi connectivity index (χ4v) is 4.07. The summed E-state index contributed by atoms with van der Waals surface area (Å²) in [5, 5.41) is 0. The Morgan fingerprint density at radius 1 is 1.10 bits per heavy atom. The molecule has 0 radical (unpaired) electrons. The number of hydrogen-bond acceptors (Lipinski definition) is 1. The van der Waals surface area contributed by atoms with Crippen LogP contribution in [0.5, 0.6) is 0 Å². The third kappa shape index (κ3) is 1.89. The molecule has 0 aromatic heterocycles. The van der Waals surface area contributed by atoms with E-state index >= 15 is 0 Å². The number of nitrogens with two attached hydrogens (primary N) is 1. The van der Waals surface area contributed by atoms with Crippen molar-refractivity contribution in [1.82, 2.24) is 0 Å². The Morgan fingerprint density at radius 3 is 2.80 bits per heavy atom. The van der Waals surface area contributed by atoms with Gasteiger partial charge in [-0.15, -0.1) is 0 Å². The maximum Gasteiger partial charge on any atom is 0.0122 e. The van der Waals surface area contributed by atoms with Crippen LogP contribution in [-0.4, -0.2) is 6.04 Å². The van der Waals surface area contributed by atoms with Crippen molar-refractivity contribution in [3.05, 3.63) is 71.9 Å². The smallest absolute Gasteiger partial charge is 0.0122 e. The molecular formula is C19H21N. The minimum Gasteiger partial charge on any atom is -0.328 e. The molecule has 0 saturated heterocycles. The lowest BCUT2D eigenvalue weighted by atomic mass is 9.72. The van der Waals surface area contributed by atoms with E-state index in [0.717, 1.165) is 12.8 Å². The maximum absolute atomic E-state index is 6.16. The third-order valence-corrected chi connectivity index (χ3v) is 5.14. The van der Waals surface area contributed by atoms with Crippen molar-refractivity contribution in [3.8, 4) is 0 Å². The largest absolute Gasteiger partial charge is 0.328 e. The summed E-state index contributed by atoms with van der Waals surface area (Å²) < 4.78 is 0. The van der Waals surface area contributed by atoms with Gasteiger partial charge in [0.05, 0.1) is 0 Å². The molecule has 2 N–H and O–H groups in total. The van der Waals surface area contributed by atoms with E-state index in [4.69, 9.17) is 5.73 Å². The molecule has 0 amide bonds. The van der Waals surface area contributed by atoms with Gasteiger partial charge in [-0.2, -0.15) is 0 Å². The van der Waals surface area contributed by atoms with Crippen LogP contribution in [0.2, 0.25) is 0 Å². The molecule has 0 heterocycles. The van der Waals surface area contributed by atoms with E-state index in [1.54, 1.807) is 0 Å². The van der Waals surface area contributed by atoms with Crippen LogP contribution in [0, 0.1) is 17.3 Å². The molecular weight excluding hydrogens is 242 g/mol. The molecule has 0 aromatic carbocycles. The quantitative estimate of drug-likeness (QED) is 0.706. The van der Waals surface area contributed by atoms with Gasteiger partial charge < -0.3 is 5.73 Å². The highest BCUT2D eigenvalue weighted by Gasteiger charge is 2.38. The Bertz CT molecular complexity index is 599. The van der Waals surface area contributed by atoms with E-state index in [1.807, 2.05) is 0 Å². The van der Waals surface area contributed by atoms with Gasteiger partial charge in [0, 0.05) is 23.3 Å². The van der Waals surface area contributed by atoms with Crippen LogP contribution in [0.3, 0.4) is 0 Å². The Morgan fingerprint density at radius 2 is 1.95 bits per heavy atom. The van der Waals surface area contributed by atoms with E-state index in [2.05, 4.69) is 60.8 Å². The van der Waals surface area contributed by atoms with Crippen LogP contribution in [0.4, 0.5) is 0 Å². The van der Waals surface area contributed by atoms with E-state index in [1.165, 1.54) is 17.6 Å². The van der Waals surface area contributed by atoms with Crippen LogP contribution in [0.15, 0.2) is 71.9 Å². The van der Waals surface area contributed by atoms with E-state index < -0.39 is 0 Å². The van der Waals surface area contributed by atoms with E-state index in [0.29, 0.717) is 17.9 Å². The second-order valence-corrected chi connectivity index (χ2v) is 6.55. The fourth-order valence-electron chi connectivity index (χ4n) is 4.07. The van der Waals surface area contributed by atoms with Crippen molar-refractivity contribution in [3.63, 3.8) is 0 Å². The summed E-state index contributed by atoms with van der Waals surface area (Å²) >= 11 is 0. The van der Waals surface area contributed by atoms with Gasteiger partial charge in [-0.25, -0.2) is 0 Å². The molecule has 1 heteroatoms. The van der Waals surface area contributed by atoms with Crippen LogP contribution in [0.1, 0.15) is 19.3 Å². The second kappa shape index (κ2) is 4.46. The van der Waals surface area contributed by atoms with Crippen LogP contribution in [0.25, 0.3) is 0 Å². The van der Waals surface area contributed by atoms with Gasteiger partial charge in [0.2, 0.25) is 0 Å². The zero-order valence-electron chi connectivity index (χ0n) is 11.7. The second-order valence-electron chi connectivity index (χ2n) is 6.55. The highest BCUT2D eigenvalue weighted by molar-refractivity contribution is 5.53. The minimum absolute atomic E-state index is 0.218. The molecule has 0 aromatic rings. The van der Waals surface area contributed by atoms with Crippen LogP contribution < -0.4 is 5.73 Å². The number of fused-ring (bicyclic) bond motifs is 3. The first kappa shape index (κ1) is 12.2. The molecule has 1 saturated carbocycles. The SMILES string of the molecule is NC1CCC2(C=CC3=CC=CC4C=CC=CC4C3=C2)C1. The zero-order chi connectivity index (χ0) is 13.6. The monoisotopic (exact) mass is 263 g/mol. The standard InChI is InChI=1S/C19H21N/c20-16-9-11-19(12-16)10-8-15-6-3-5-14-4-1-2-7-17(14)18(15)13-19/h1-8,10,13-14,16-17H,9,11-12,20H2. The highest BCUT2D eigenvalue weighted by atomic mass is 14.7. The molecule has 4 aliphatic carbocycles. The summed E-state index contributed by atoms with van der Waals surface area (Å²) in [6.07, 6.45) is 26.5. The Kier molecular flexibility index (Phi) is 2.71. The lowest BCUT2D eigenvalue weighted by Gasteiger charge is -2.32. The first-order chi connectivity index (χ1) is 9.76. The predicted octanol–water partition coefficient (Wildman–Crippen LogP) is 3.83. The molecule has 4 unspecified atom stereocenters. The first-order valence-electron chi connectivity index (χ1n) is 7.67. The van der Waals surface area contributed by atoms with Gasteiger partial charge in [-0.05, 0) is 30.4 Å². The van der Waals surface area contributed by atoms with Gasteiger partial charge in [0.1, 0.15) is 0 Å². The van der Waals surface area contributed by atoms with Crippen molar-refractivity contribution >= 4 is 0 Å². The molecule has 1 spiro atoms. The Hall–Kier alpha value is -1.60. The molecule has 20 heavy (non-hydrogen) atoms. The predicted molar refractivity (Wildman–Crippen MR) is 84.0 cm³/mol. The summed E-state index contributed by atoms with van der Waals surface area (Å²) in [6, 6.07) is 0.364. The van der Waals surface area contributed by atoms with Crippen molar-refractivity contribution in [2.24, 2.45) is 23.0 Å². The van der Waals surface area contributed by atoms with E-state index in [-0.39, 0.29) is 5.41 Å². The molecule has 0 aliphatic heterocycles.